The maximum atomic E-state index is 13.6. The lowest BCUT2D eigenvalue weighted by atomic mass is 9.93. The number of hydrogen-bond donors (Lipinski definition) is 2. The van der Waals surface area contributed by atoms with Gasteiger partial charge in [-0.15, -0.1) is 0 Å². The van der Waals surface area contributed by atoms with Gasteiger partial charge >= 0.3 is 14.9 Å². The number of aryl methyl sites for hydroxylation is 4. The predicted octanol–water partition coefficient (Wildman–Crippen LogP) is 5.18. The summed E-state index contributed by atoms with van der Waals surface area (Å²) >= 11 is 0. The Morgan fingerprint density at radius 2 is 1.84 bits per heavy atom. The van der Waals surface area contributed by atoms with Gasteiger partial charge in [0.25, 0.3) is 0 Å². The van der Waals surface area contributed by atoms with Gasteiger partial charge in [0.15, 0.2) is 0 Å². The summed E-state index contributed by atoms with van der Waals surface area (Å²) in [5.41, 5.74) is 7.79. The van der Waals surface area contributed by atoms with E-state index in [1.807, 2.05) is 26.0 Å². The van der Waals surface area contributed by atoms with Gasteiger partial charge < -0.3 is 15.6 Å². The van der Waals surface area contributed by atoms with Crippen LogP contribution in [0.5, 0.6) is 5.75 Å². The van der Waals surface area contributed by atoms with E-state index in [1.54, 1.807) is 6.07 Å². The number of halogens is 3. The fraction of sp³-hybridized carbons (Fsp3) is 0.478. The fourth-order valence-electron chi connectivity index (χ4n) is 3.34. The van der Waals surface area contributed by atoms with Crippen molar-refractivity contribution >= 4 is 8.69 Å². The largest absolute Gasteiger partial charge is 0.493 e. The van der Waals surface area contributed by atoms with Crippen molar-refractivity contribution in [2.75, 3.05) is 19.8 Å². The first-order valence-electron chi connectivity index (χ1n) is 10.3. The van der Waals surface area contributed by atoms with Crippen molar-refractivity contribution in [2.24, 2.45) is 5.73 Å². The Labute approximate surface area is 188 Å². The topological polar surface area (TPSA) is 81.8 Å². The minimum atomic E-state index is -4.57. The van der Waals surface area contributed by atoms with Crippen LogP contribution in [0, 0.1) is 13.8 Å². The lowest BCUT2D eigenvalue weighted by Crippen LogP contribution is -2.47. The highest BCUT2D eigenvalue weighted by Crippen LogP contribution is 2.37. The van der Waals surface area contributed by atoms with E-state index in [0.717, 1.165) is 29.2 Å². The second kappa shape index (κ2) is 11.8. The van der Waals surface area contributed by atoms with Crippen molar-refractivity contribution in [3.8, 4) is 5.75 Å². The van der Waals surface area contributed by atoms with Gasteiger partial charge in [-0.3, -0.25) is 4.52 Å². The first kappa shape index (κ1) is 26.3. The molecule has 0 aliphatic rings. The van der Waals surface area contributed by atoms with Gasteiger partial charge in [0.05, 0.1) is 30.9 Å². The van der Waals surface area contributed by atoms with E-state index in [4.69, 9.17) is 15.0 Å². The molecule has 0 aliphatic heterocycles. The molecule has 0 aromatic heterocycles. The van der Waals surface area contributed by atoms with Crippen LogP contribution in [-0.4, -0.2) is 30.5 Å². The minimum Gasteiger partial charge on any atom is -0.493 e. The second-order valence-electron chi connectivity index (χ2n) is 8.08. The van der Waals surface area contributed by atoms with Crippen molar-refractivity contribution < 1.29 is 32.1 Å². The average molecular weight is 471 g/mol. The number of rotatable bonds is 12. The molecule has 1 atom stereocenters. The molecule has 0 saturated carbocycles. The van der Waals surface area contributed by atoms with Crippen LogP contribution < -0.4 is 10.5 Å². The summed E-state index contributed by atoms with van der Waals surface area (Å²) in [5, 5.41) is 9.44. The summed E-state index contributed by atoms with van der Waals surface area (Å²) in [6.45, 7) is 3.55. The van der Waals surface area contributed by atoms with E-state index in [9.17, 15) is 22.8 Å². The summed E-state index contributed by atoms with van der Waals surface area (Å²) in [7, 11) is -0.574. The lowest BCUT2D eigenvalue weighted by Gasteiger charge is -2.25. The van der Waals surface area contributed by atoms with Gasteiger partial charge in [0, 0.05) is 0 Å². The molecule has 9 heteroatoms. The number of benzene rings is 2. The molecule has 5 nitrogen and oxygen atoms in total. The standard InChI is InChI=1S/C23H29F3NO4P/c1-16-5-6-17(2)19(12-16)4-3-11-30-21-8-7-18(13-20(21)23(24,25)26)9-10-22(27,14-28)15-31-32-29/h5-8,12-13,28H,3-4,9-11,14-15,27H2,1-2H3. The van der Waals surface area contributed by atoms with Crippen molar-refractivity contribution in [1.29, 1.82) is 0 Å². The van der Waals surface area contributed by atoms with E-state index >= 15 is 0 Å². The quantitative estimate of drug-likeness (QED) is 0.329. The molecule has 0 saturated heterocycles. The Morgan fingerprint density at radius 1 is 1.09 bits per heavy atom. The number of ether oxygens (including phenoxy) is 1. The summed E-state index contributed by atoms with van der Waals surface area (Å²) in [5.74, 6) is -0.211. The molecule has 0 bridgehead atoms. The van der Waals surface area contributed by atoms with Gasteiger partial charge in [0.2, 0.25) is 0 Å². The van der Waals surface area contributed by atoms with Crippen LogP contribution in [0.3, 0.4) is 0 Å². The Hall–Kier alpha value is -1.99. The fourth-order valence-corrected chi connectivity index (χ4v) is 3.65. The average Bonchev–Trinajstić information content (AvgIpc) is 2.75. The predicted molar refractivity (Wildman–Crippen MR) is 117 cm³/mol. The van der Waals surface area contributed by atoms with E-state index in [2.05, 4.69) is 6.07 Å². The van der Waals surface area contributed by atoms with Crippen molar-refractivity contribution in [1.82, 2.24) is 0 Å². The van der Waals surface area contributed by atoms with Crippen molar-refractivity contribution in [3.05, 3.63) is 64.2 Å². The Morgan fingerprint density at radius 3 is 2.50 bits per heavy atom. The molecule has 0 radical (unpaired) electrons. The third-order valence-electron chi connectivity index (χ3n) is 5.33. The van der Waals surface area contributed by atoms with E-state index in [1.165, 1.54) is 6.07 Å². The van der Waals surface area contributed by atoms with Crippen LogP contribution in [-0.2, 0) is 28.1 Å². The highest BCUT2D eigenvalue weighted by molar-refractivity contribution is 7.17. The Bertz CT molecular complexity index is 907. The zero-order chi connectivity index (χ0) is 23.8. The second-order valence-corrected chi connectivity index (χ2v) is 8.49. The first-order chi connectivity index (χ1) is 15.1. The molecule has 0 aliphatic carbocycles. The lowest BCUT2D eigenvalue weighted by molar-refractivity contribution is -0.139. The molecule has 0 fully saturated rings. The molecule has 2 aromatic rings. The van der Waals surface area contributed by atoms with E-state index < -0.39 is 32.6 Å². The molecule has 0 amide bonds. The molecule has 176 valence electrons. The Kier molecular flexibility index (Phi) is 9.64. The zero-order valence-corrected chi connectivity index (χ0v) is 19.1. The monoisotopic (exact) mass is 471 g/mol. The van der Waals surface area contributed by atoms with Crippen molar-refractivity contribution in [2.45, 2.75) is 51.2 Å². The SMILES string of the molecule is Cc1ccc(C)c(CCCOc2ccc(CCC(N)(CO)COP=O)cc2C(F)(F)F)c1. The molecule has 32 heavy (non-hydrogen) atoms. The van der Waals surface area contributed by atoms with Crippen molar-refractivity contribution in [3.63, 3.8) is 0 Å². The van der Waals surface area contributed by atoms with Gasteiger partial charge in [0.1, 0.15) is 5.75 Å². The third kappa shape index (κ3) is 7.85. The third-order valence-corrected chi connectivity index (χ3v) is 5.57. The molecule has 0 heterocycles. The number of aliphatic hydroxyl groups is 1. The Balaban J connectivity index is 2.03. The summed E-state index contributed by atoms with van der Waals surface area (Å²) in [6.07, 6.45) is -2.91. The van der Waals surface area contributed by atoms with Crippen LogP contribution in [0.1, 0.15) is 40.7 Å². The minimum absolute atomic E-state index is 0.159. The smallest absolute Gasteiger partial charge is 0.419 e. The maximum absolute atomic E-state index is 13.6. The number of nitrogens with two attached hydrogens (primary N) is 1. The van der Waals surface area contributed by atoms with Crippen LogP contribution >= 0.6 is 8.69 Å². The van der Waals surface area contributed by atoms with Crippen LogP contribution in [0.4, 0.5) is 13.2 Å². The number of aliphatic hydroxyl groups excluding tert-OH is 1. The molecular formula is C23H29F3NO4P. The summed E-state index contributed by atoms with van der Waals surface area (Å²) < 4.78 is 61.5. The molecule has 3 N–H and O–H groups in total. The zero-order valence-electron chi connectivity index (χ0n) is 18.2. The molecular weight excluding hydrogens is 442 g/mol. The highest BCUT2D eigenvalue weighted by atomic mass is 31.1. The van der Waals surface area contributed by atoms with Crippen LogP contribution in [0.2, 0.25) is 0 Å². The van der Waals surface area contributed by atoms with Gasteiger partial charge in [-0.25, -0.2) is 4.57 Å². The number of alkyl halides is 3. The molecule has 0 spiro atoms. The van der Waals surface area contributed by atoms with Crippen LogP contribution in [0.25, 0.3) is 0 Å². The summed E-state index contributed by atoms with van der Waals surface area (Å²) in [6, 6.07) is 10.1. The van der Waals surface area contributed by atoms with E-state index in [-0.39, 0.29) is 31.8 Å². The molecule has 1 unspecified atom stereocenters. The first-order valence-corrected chi connectivity index (χ1v) is 11.0. The van der Waals surface area contributed by atoms with Crippen LogP contribution in [0.15, 0.2) is 36.4 Å². The maximum Gasteiger partial charge on any atom is 0.419 e. The summed E-state index contributed by atoms with van der Waals surface area (Å²) in [4.78, 5) is 0. The van der Waals surface area contributed by atoms with E-state index in [0.29, 0.717) is 12.0 Å². The van der Waals surface area contributed by atoms with Gasteiger partial charge in [-0.2, -0.15) is 13.2 Å². The van der Waals surface area contributed by atoms with Gasteiger partial charge in [-0.05, 0) is 68.4 Å². The number of hydrogen-bond acceptors (Lipinski definition) is 5. The molecule has 2 rings (SSSR count). The molecule has 2 aromatic carbocycles. The highest BCUT2D eigenvalue weighted by Gasteiger charge is 2.35. The normalized spacial score (nSPS) is 13.8. The van der Waals surface area contributed by atoms with Gasteiger partial charge in [-0.1, -0.05) is 29.8 Å².